The highest BCUT2D eigenvalue weighted by Crippen LogP contribution is 2.33. The van der Waals surface area contributed by atoms with E-state index >= 15 is 0 Å². The average molecular weight is 363 g/mol. The number of hydrogen-bond donors (Lipinski definition) is 1. The van der Waals surface area contributed by atoms with Crippen LogP contribution in [0.1, 0.15) is 23.2 Å². The molecule has 1 N–H and O–H groups in total. The molecule has 1 aromatic carbocycles. The summed E-state index contributed by atoms with van der Waals surface area (Å²) in [7, 11) is 0. The van der Waals surface area contributed by atoms with E-state index in [9.17, 15) is 14.3 Å². The number of aliphatic hydroxyl groups excluding tert-OH is 1. The lowest BCUT2D eigenvalue weighted by molar-refractivity contribution is 0.0489. The summed E-state index contributed by atoms with van der Waals surface area (Å²) in [5, 5.41) is 10.1. The number of carbonyl (C=O) groups excluding carboxylic acids is 1. The van der Waals surface area contributed by atoms with E-state index in [2.05, 4.69) is 4.90 Å². The molecule has 1 aliphatic heterocycles. The fourth-order valence-corrected chi connectivity index (χ4v) is 3.11. The van der Waals surface area contributed by atoms with Gasteiger partial charge in [0.15, 0.2) is 0 Å². The van der Waals surface area contributed by atoms with Crippen LogP contribution in [0.4, 0.5) is 4.39 Å². The Kier molecular flexibility index (Phi) is 6.26. The number of halogens is 3. The van der Waals surface area contributed by atoms with Crippen LogP contribution >= 0.6 is 24.0 Å². The van der Waals surface area contributed by atoms with Crippen LogP contribution in [-0.4, -0.2) is 59.6 Å². The first-order valence-corrected chi connectivity index (χ1v) is 8.07. The second kappa shape index (κ2) is 7.79. The van der Waals surface area contributed by atoms with Gasteiger partial charge in [-0.1, -0.05) is 11.6 Å². The molecule has 7 heteroatoms. The van der Waals surface area contributed by atoms with Gasteiger partial charge in [-0.2, -0.15) is 0 Å². The number of piperazine rings is 1. The van der Waals surface area contributed by atoms with Crippen molar-refractivity contribution in [1.29, 1.82) is 0 Å². The fourth-order valence-electron chi connectivity index (χ4n) is 2.86. The van der Waals surface area contributed by atoms with Crippen molar-refractivity contribution in [2.24, 2.45) is 5.92 Å². The van der Waals surface area contributed by atoms with Gasteiger partial charge in [-0.3, -0.25) is 9.69 Å². The molecule has 2 fully saturated rings. The first kappa shape index (κ1) is 18.5. The number of aliphatic hydroxyl groups is 1. The highest BCUT2D eigenvalue weighted by atomic mass is 35.5. The Morgan fingerprint density at radius 2 is 1.96 bits per heavy atom. The van der Waals surface area contributed by atoms with E-state index in [0.717, 1.165) is 32.0 Å². The van der Waals surface area contributed by atoms with Crippen molar-refractivity contribution < 1.29 is 14.3 Å². The smallest absolute Gasteiger partial charge is 0.255 e. The highest BCUT2D eigenvalue weighted by molar-refractivity contribution is 6.33. The predicted octanol–water partition coefficient (Wildman–Crippen LogP) is 2.43. The first-order chi connectivity index (χ1) is 10.5. The Morgan fingerprint density at radius 1 is 1.30 bits per heavy atom. The van der Waals surface area contributed by atoms with Gasteiger partial charge in [0, 0.05) is 32.7 Å². The number of β-amino-alcohol motifs (C(OH)–C–C–N with tert-alkyl or cyclic N) is 1. The Bertz CT molecular complexity index is 561. The predicted molar refractivity (Wildman–Crippen MR) is 89.7 cm³/mol. The molecule has 23 heavy (non-hydrogen) atoms. The van der Waals surface area contributed by atoms with E-state index < -0.39 is 5.82 Å². The number of rotatable bonds is 4. The molecule has 0 aromatic heterocycles. The molecule has 1 atom stereocenters. The number of nitrogens with zero attached hydrogens (tertiary/aromatic N) is 2. The third-order valence-corrected chi connectivity index (χ3v) is 4.75. The molecule has 1 saturated carbocycles. The maximum atomic E-state index is 13.1. The van der Waals surface area contributed by atoms with Gasteiger partial charge in [-0.05, 0) is 37.0 Å². The minimum absolute atomic E-state index is 0. The van der Waals surface area contributed by atoms with Crippen molar-refractivity contribution in [2.45, 2.75) is 18.9 Å². The quantitative estimate of drug-likeness (QED) is 0.894. The summed E-state index contributed by atoms with van der Waals surface area (Å²) in [6.45, 7) is 3.38. The minimum Gasteiger partial charge on any atom is -0.392 e. The average Bonchev–Trinajstić information content (AvgIpc) is 3.32. The molecule has 1 aliphatic carbocycles. The summed E-state index contributed by atoms with van der Waals surface area (Å²) in [6.07, 6.45) is 2.01. The molecule has 0 bridgehead atoms. The number of hydrogen-bond acceptors (Lipinski definition) is 3. The lowest BCUT2D eigenvalue weighted by atomic mass is 10.1. The summed E-state index contributed by atoms with van der Waals surface area (Å²) >= 11 is 5.95. The van der Waals surface area contributed by atoms with Crippen molar-refractivity contribution in [3.05, 3.63) is 34.6 Å². The fraction of sp³-hybridized carbons (Fsp3) is 0.562. The molecule has 3 rings (SSSR count). The number of amides is 1. The maximum Gasteiger partial charge on any atom is 0.255 e. The van der Waals surface area contributed by atoms with Crippen LogP contribution in [0, 0.1) is 11.7 Å². The lowest BCUT2D eigenvalue weighted by Crippen LogP contribution is -2.50. The standard InChI is InChI=1S/C16H20ClFN2O2.ClH/c17-14-9-12(18)3-4-13(14)16(22)20-7-5-19(6-8-20)10-15(21)11-1-2-11;/h3-4,9,11,15,21H,1-2,5-8,10H2;1H. The van der Waals surface area contributed by atoms with Crippen molar-refractivity contribution in [1.82, 2.24) is 9.80 Å². The lowest BCUT2D eigenvalue weighted by Gasteiger charge is -2.35. The zero-order valence-electron chi connectivity index (χ0n) is 12.8. The first-order valence-electron chi connectivity index (χ1n) is 7.69. The minimum atomic E-state index is -0.444. The Labute approximate surface area is 146 Å². The second-order valence-electron chi connectivity index (χ2n) is 6.12. The van der Waals surface area contributed by atoms with E-state index in [-0.39, 0.29) is 29.4 Å². The van der Waals surface area contributed by atoms with Crippen LogP contribution in [0.3, 0.4) is 0 Å². The van der Waals surface area contributed by atoms with Crippen molar-refractivity contribution in [2.75, 3.05) is 32.7 Å². The third kappa shape index (κ3) is 4.57. The van der Waals surface area contributed by atoms with Gasteiger partial charge in [0.2, 0.25) is 0 Å². The van der Waals surface area contributed by atoms with Gasteiger partial charge < -0.3 is 10.0 Å². The van der Waals surface area contributed by atoms with Crippen LogP contribution in [0.5, 0.6) is 0 Å². The molecule has 1 saturated heterocycles. The summed E-state index contributed by atoms with van der Waals surface area (Å²) in [5.74, 6) is -0.134. The Balaban J connectivity index is 0.00000192. The largest absolute Gasteiger partial charge is 0.392 e. The van der Waals surface area contributed by atoms with Gasteiger partial charge in [-0.15, -0.1) is 12.4 Å². The molecule has 4 nitrogen and oxygen atoms in total. The summed E-state index contributed by atoms with van der Waals surface area (Å²) in [6, 6.07) is 3.85. The van der Waals surface area contributed by atoms with E-state index in [1.165, 1.54) is 12.1 Å². The molecule has 0 radical (unpaired) electrons. The summed E-state index contributed by atoms with van der Waals surface area (Å²) < 4.78 is 13.1. The highest BCUT2D eigenvalue weighted by Gasteiger charge is 2.32. The molecule has 1 unspecified atom stereocenters. The zero-order chi connectivity index (χ0) is 15.7. The maximum absolute atomic E-state index is 13.1. The van der Waals surface area contributed by atoms with Gasteiger partial charge in [-0.25, -0.2) is 4.39 Å². The topological polar surface area (TPSA) is 43.8 Å². The molecule has 2 aliphatic rings. The number of carbonyl (C=O) groups is 1. The molecule has 1 aromatic rings. The van der Waals surface area contributed by atoms with Gasteiger partial charge in [0.05, 0.1) is 16.7 Å². The normalized spacial score (nSPS) is 20.0. The SMILES string of the molecule is Cl.O=C(c1ccc(F)cc1Cl)N1CCN(CC(O)C2CC2)CC1. The Hall–Kier alpha value is -0.880. The van der Waals surface area contributed by atoms with E-state index in [1.54, 1.807) is 4.90 Å². The van der Waals surface area contributed by atoms with Crippen LogP contribution in [0.2, 0.25) is 5.02 Å². The van der Waals surface area contributed by atoms with Crippen molar-refractivity contribution in [3.8, 4) is 0 Å². The van der Waals surface area contributed by atoms with Gasteiger partial charge in [0.25, 0.3) is 5.91 Å². The molecular weight excluding hydrogens is 342 g/mol. The van der Waals surface area contributed by atoms with Crippen molar-refractivity contribution in [3.63, 3.8) is 0 Å². The van der Waals surface area contributed by atoms with E-state index in [0.29, 0.717) is 31.1 Å². The van der Waals surface area contributed by atoms with Gasteiger partial charge >= 0.3 is 0 Å². The van der Waals surface area contributed by atoms with Crippen LogP contribution in [0.25, 0.3) is 0 Å². The second-order valence-corrected chi connectivity index (χ2v) is 6.53. The van der Waals surface area contributed by atoms with Crippen LogP contribution < -0.4 is 0 Å². The molecule has 0 spiro atoms. The van der Waals surface area contributed by atoms with Crippen molar-refractivity contribution >= 4 is 29.9 Å². The van der Waals surface area contributed by atoms with E-state index in [4.69, 9.17) is 11.6 Å². The molecule has 1 amide bonds. The Morgan fingerprint density at radius 3 is 2.52 bits per heavy atom. The summed E-state index contributed by atoms with van der Waals surface area (Å²) in [4.78, 5) is 16.4. The number of benzene rings is 1. The van der Waals surface area contributed by atoms with E-state index in [1.807, 2.05) is 0 Å². The van der Waals surface area contributed by atoms with Gasteiger partial charge in [0.1, 0.15) is 5.82 Å². The molecular formula is C16H21Cl2FN2O2. The third-order valence-electron chi connectivity index (χ3n) is 4.43. The monoisotopic (exact) mass is 362 g/mol. The zero-order valence-corrected chi connectivity index (χ0v) is 14.3. The van der Waals surface area contributed by atoms with Crippen LogP contribution in [0.15, 0.2) is 18.2 Å². The molecule has 1 heterocycles. The molecule has 128 valence electrons. The van der Waals surface area contributed by atoms with Crippen LogP contribution in [-0.2, 0) is 0 Å². The summed E-state index contributed by atoms with van der Waals surface area (Å²) in [5.41, 5.74) is 0.342.